The van der Waals surface area contributed by atoms with Crippen LogP contribution >= 0.6 is 0 Å². The summed E-state index contributed by atoms with van der Waals surface area (Å²) in [5.74, 6) is 0. The topological polar surface area (TPSA) is 56.8 Å². The Morgan fingerprint density at radius 3 is 1.10 bits per heavy atom. The monoisotopic (exact) mass is 318 g/mol. The van der Waals surface area contributed by atoms with Gasteiger partial charge in [-0.2, -0.15) is 6.29 Å². The minimum atomic E-state index is -4.76. The van der Waals surface area contributed by atoms with Crippen molar-refractivity contribution in [3.63, 3.8) is 0 Å². The molecule has 110 valence electrons. The molecule has 0 spiro atoms. The van der Waals surface area contributed by atoms with Gasteiger partial charge in [-0.05, 0) is 21.1 Å². The SMILES string of the molecule is CB1N(C)B(C)N(C)B(C)N1C.O=[C-]C(F)(F)F.[K+].[OH-]. The van der Waals surface area contributed by atoms with Crippen LogP contribution in [0.3, 0.4) is 0 Å². The molecule has 1 heterocycles. The Morgan fingerprint density at radius 2 is 1.00 bits per heavy atom. The fourth-order valence-electron chi connectivity index (χ4n) is 1.80. The Morgan fingerprint density at radius 1 is 0.850 bits per heavy atom. The van der Waals surface area contributed by atoms with Crippen molar-refractivity contribution < 1.29 is 74.8 Å². The first-order chi connectivity index (χ1) is 8.02. The van der Waals surface area contributed by atoms with Gasteiger partial charge in [-0.25, -0.2) is 13.2 Å². The van der Waals surface area contributed by atoms with E-state index < -0.39 is 6.18 Å². The van der Waals surface area contributed by atoms with Gasteiger partial charge in [-0.1, -0.05) is 20.5 Å². The maximum absolute atomic E-state index is 10.4. The number of carbonyl (C=O) groups excluding carboxylic acids is 1. The predicted molar refractivity (Wildman–Crippen MR) is 71.8 cm³/mol. The summed E-state index contributed by atoms with van der Waals surface area (Å²) in [6, 6.07) is 0. The molecule has 0 aromatic rings. The fraction of sp³-hybridized carbons (Fsp3) is 0.875. The molecule has 1 saturated heterocycles. The maximum Gasteiger partial charge on any atom is 1.00 e. The summed E-state index contributed by atoms with van der Waals surface area (Å²) in [6.45, 7) is 8.35. The number of hydrogen-bond acceptors (Lipinski definition) is 5. The molecule has 0 amide bonds. The van der Waals surface area contributed by atoms with Gasteiger partial charge in [0.15, 0.2) is 0 Å². The van der Waals surface area contributed by atoms with Gasteiger partial charge in [0, 0.05) is 0 Å². The van der Waals surface area contributed by atoms with Gasteiger partial charge in [-0.3, -0.25) is 0 Å². The Balaban J connectivity index is -0.000000316. The normalized spacial score (nSPS) is 17.8. The van der Waals surface area contributed by atoms with E-state index in [2.05, 4.69) is 55.8 Å². The van der Waals surface area contributed by atoms with Gasteiger partial charge < -0.3 is 24.4 Å². The first-order valence-corrected chi connectivity index (χ1v) is 5.64. The molecule has 1 aliphatic heterocycles. The van der Waals surface area contributed by atoms with Crippen LogP contribution in [0.2, 0.25) is 20.5 Å². The second kappa shape index (κ2) is 10.8. The van der Waals surface area contributed by atoms with Gasteiger partial charge in [0.1, 0.15) is 0 Å². The molecule has 0 aliphatic carbocycles. The van der Waals surface area contributed by atoms with E-state index in [-0.39, 0.29) is 63.1 Å². The van der Waals surface area contributed by atoms with Crippen LogP contribution in [0.5, 0.6) is 0 Å². The molecule has 1 fully saturated rings. The Kier molecular flexibility index (Phi) is 14.1. The van der Waals surface area contributed by atoms with Crippen LogP contribution in [0.4, 0.5) is 13.2 Å². The molecule has 1 N–H and O–H groups in total. The van der Waals surface area contributed by atoms with E-state index in [4.69, 9.17) is 4.79 Å². The third-order valence-corrected chi connectivity index (χ3v) is 3.65. The Bertz CT molecular complexity index is 233. The van der Waals surface area contributed by atoms with E-state index in [9.17, 15) is 13.2 Å². The molecule has 5 nitrogen and oxygen atoms in total. The van der Waals surface area contributed by atoms with E-state index >= 15 is 0 Å². The molecule has 0 aromatic heterocycles. The molecule has 0 unspecified atom stereocenters. The predicted octanol–water partition coefficient (Wildman–Crippen LogP) is -2.36. The van der Waals surface area contributed by atoms with E-state index in [1.807, 2.05) is 0 Å². The second-order valence-corrected chi connectivity index (χ2v) is 4.49. The number of halogens is 3. The van der Waals surface area contributed by atoms with Gasteiger partial charge in [0.2, 0.25) is 0 Å². The van der Waals surface area contributed by atoms with Gasteiger partial charge in [-0.15, -0.1) is 0 Å². The smallest absolute Gasteiger partial charge is 0.870 e. The van der Waals surface area contributed by atoms with E-state index in [1.54, 1.807) is 0 Å². The first kappa shape index (κ1) is 26.1. The largest absolute Gasteiger partial charge is 1.00 e. The average molecular weight is 318 g/mol. The second-order valence-electron chi connectivity index (χ2n) is 4.49. The van der Waals surface area contributed by atoms with E-state index in [0.29, 0.717) is 20.9 Å². The van der Waals surface area contributed by atoms with Crippen molar-refractivity contribution in [1.29, 1.82) is 0 Å². The average Bonchev–Trinajstić information content (AvgIpc) is 2.31. The molecule has 0 aromatic carbocycles. The zero-order chi connectivity index (χ0) is 14.7. The molecule has 12 heteroatoms. The van der Waals surface area contributed by atoms with Crippen molar-refractivity contribution in [2.45, 2.75) is 26.6 Å². The van der Waals surface area contributed by atoms with Crippen molar-refractivity contribution in [3.05, 3.63) is 0 Å². The van der Waals surface area contributed by atoms with Crippen molar-refractivity contribution in [3.8, 4) is 0 Å². The molecule has 0 bridgehead atoms. The summed E-state index contributed by atoms with van der Waals surface area (Å²) in [5.41, 5.74) is 0. The third-order valence-electron chi connectivity index (χ3n) is 3.65. The summed E-state index contributed by atoms with van der Waals surface area (Å²) < 4.78 is 38.2. The fourth-order valence-corrected chi connectivity index (χ4v) is 1.80. The standard InChI is InChI=1S/C6H18B3N3.C2F3O.K.H2O/c1-7-10(4)8(2)12(6)9(3)11(7)5;3-2(4,5)1-6;;/h1-6H3;;;1H2/q;-1;+1;/p-1. The molecule has 1 rings (SSSR count). The van der Waals surface area contributed by atoms with E-state index in [1.165, 1.54) is 0 Å². The van der Waals surface area contributed by atoms with Gasteiger partial charge >= 0.3 is 51.4 Å². The zero-order valence-corrected chi connectivity index (χ0v) is 16.2. The van der Waals surface area contributed by atoms with Gasteiger partial charge in [0.25, 0.3) is 27.1 Å². The molecule has 20 heavy (non-hydrogen) atoms. The van der Waals surface area contributed by atoms with Crippen LogP contribution in [0.15, 0.2) is 0 Å². The number of rotatable bonds is 0. The Labute approximate surface area is 162 Å². The molecule has 0 radical (unpaired) electrons. The minimum Gasteiger partial charge on any atom is -0.870 e. The molecular formula is C8H19B3F3KN3O2-. The van der Waals surface area contributed by atoms with Crippen LogP contribution in [0.25, 0.3) is 0 Å². The van der Waals surface area contributed by atoms with Crippen LogP contribution in [0.1, 0.15) is 0 Å². The Hall–Kier alpha value is 1.13. The minimum absolute atomic E-state index is 0. The van der Waals surface area contributed by atoms with Crippen LogP contribution < -0.4 is 51.4 Å². The van der Waals surface area contributed by atoms with Gasteiger partial charge in [0.05, 0.1) is 0 Å². The molecule has 0 saturated carbocycles. The van der Waals surface area contributed by atoms with E-state index in [0.717, 1.165) is 0 Å². The summed E-state index contributed by atoms with van der Waals surface area (Å²) in [7, 11) is 6.52. The number of nitrogens with zero attached hydrogens (tertiary/aromatic N) is 3. The van der Waals surface area contributed by atoms with Crippen LogP contribution in [-0.2, 0) is 4.79 Å². The van der Waals surface area contributed by atoms with Crippen LogP contribution in [0, 0.1) is 0 Å². The maximum atomic E-state index is 10.4. The summed E-state index contributed by atoms with van der Waals surface area (Å²) in [5, 5.41) is 0. The summed E-state index contributed by atoms with van der Waals surface area (Å²) in [4.78, 5) is 8.58. The summed E-state index contributed by atoms with van der Waals surface area (Å²) >= 11 is 0. The third kappa shape index (κ3) is 7.95. The van der Waals surface area contributed by atoms with Crippen LogP contribution in [-0.4, -0.2) is 74.2 Å². The number of alkyl halides is 3. The van der Waals surface area contributed by atoms with Crippen molar-refractivity contribution >= 4 is 27.2 Å². The zero-order valence-electron chi connectivity index (χ0n) is 13.1. The molecule has 1 aliphatic rings. The van der Waals surface area contributed by atoms with Crippen molar-refractivity contribution in [2.24, 2.45) is 0 Å². The number of hydrogen-bond donors (Lipinski definition) is 0. The van der Waals surface area contributed by atoms with Crippen molar-refractivity contribution in [2.75, 3.05) is 21.1 Å². The van der Waals surface area contributed by atoms with Crippen molar-refractivity contribution in [1.82, 2.24) is 14.2 Å². The summed E-state index contributed by atoms with van der Waals surface area (Å²) in [6.07, 6.45) is -4.91. The molecular weight excluding hydrogens is 299 g/mol. The quantitative estimate of drug-likeness (QED) is 0.369. The molecule has 0 atom stereocenters. The first-order valence-electron chi connectivity index (χ1n) is 5.64.